The highest BCUT2D eigenvalue weighted by molar-refractivity contribution is 5.53. The minimum Gasteiger partial charge on any atom is -0.475 e. The van der Waals surface area contributed by atoms with E-state index in [4.69, 9.17) is 15.7 Å². The molecule has 1 atom stereocenters. The highest BCUT2D eigenvalue weighted by Crippen LogP contribution is 2.24. The summed E-state index contributed by atoms with van der Waals surface area (Å²) in [7, 11) is 0. The van der Waals surface area contributed by atoms with Gasteiger partial charge >= 0.3 is 0 Å². The summed E-state index contributed by atoms with van der Waals surface area (Å²) in [5.41, 5.74) is 7.30. The maximum absolute atomic E-state index is 8.74. The van der Waals surface area contributed by atoms with Gasteiger partial charge < -0.3 is 10.5 Å². The van der Waals surface area contributed by atoms with Crippen molar-refractivity contribution in [2.24, 2.45) is 0 Å². The smallest absolute Gasteiger partial charge is 0.184 e. The maximum atomic E-state index is 8.74. The molecule has 0 saturated heterocycles. The van der Waals surface area contributed by atoms with Crippen molar-refractivity contribution in [2.75, 3.05) is 5.73 Å². The fourth-order valence-corrected chi connectivity index (χ4v) is 1.11. The molecule has 1 aromatic carbocycles. The molecule has 1 rings (SSSR count). The molecule has 1 aromatic rings. The van der Waals surface area contributed by atoms with Gasteiger partial charge in [-0.15, -0.1) is 0 Å². The van der Waals surface area contributed by atoms with Crippen LogP contribution < -0.4 is 10.5 Å². The zero-order valence-corrected chi connectivity index (χ0v) is 8.45. The fourth-order valence-electron chi connectivity index (χ4n) is 1.11. The van der Waals surface area contributed by atoms with E-state index < -0.39 is 6.10 Å². The number of benzene rings is 1. The SMILES string of the molecule is CCC(C#N)Oc1cccc(N)c1C. The Morgan fingerprint density at radius 3 is 2.86 bits per heavy atom. The van der Waals surface area contributed by atoms with Crippen molar-refractivity contribution in [2.45, 2.75) is 26.4 Å². The van der Waals surface area contributed by atoms with Crippen LogP contribution in [0.2, 0.25) is 0 Å². The zero-order valence-electron chi connectivity index (χ0n) is 8.45. The predicted molar refractivity (Wildman–Crippen MR) is 55.9 cm³/mol. The third-order valence-electron chi connectivity index (χ3n) is 2.11. The molecule has 0 spiro atoms. The van der Waals surface area contributed by atoms with E-state index in [0.717, 1.165) is 5.56 Å². The van der Waals surface area contributed by atoms with Crippen molar-refractivity contribution in [3.8, 4) is 11.8 Å². The molecule has 0 heterocycles. The summed E-state index contributed by atoms with van der Waals surface area (Å²) >= 11 is 0. The van der Waals surface area contributed by atoms with Crippen LogP contribution in [0.15, 0.2) is 18.2 Å². The van der Waals surface area contributed by atoms with Crippen molar-refractivity contribution < 1.29 is 4.74 Å². The van der Waals surface area contributed by atoms with Gasteiger partial charge in [0.05, 0.1) is 0 Å². The van der Waals surface area contributed by atoms with Crippen molar-refractivity contribution in [1.29, 1.82) is 5.26 Å². The molecule has 2 N–H and O–H groups in total. The lowest BCUT2D eigenvalue weighted by atomic mass is 10.2. The average Bonchev–Trinajstić information content (AvgIpc) is 2.20. The lowest BCUT2D eigenvalue weighted by Gasteiger charge is -2.13. The lowest BCUT2D eigenvalue weighted by molar-refractivity contribution is 0.250. The Kier molecular flexibility index (Phi) is 3.35. The Morgan fingerprint density at radius 1 is 1.57 bits per heavy atom. The third-order valence-corrected chi connectivity index (χ3v) is 2.11. The van der Waals surface area contributed by atoms with Gasteiger partial charge in [-0.2, -0.15) is 5.26 Å². The number of nitriles is 1. The van der Waals surface area contributed by atoms with Gasteiger partial charge in [0.1, 0.15) is 11.8 Å². The first-order valence-electron chi connectivity index (χ1n) is 4.60. The van der Waals surface area contributed by atoms with Crippen molar-refractivity contribution in [3.63, 3.8) is 0 Å². The van der Waals surface area contributed by atoms with Crippen LogP contribution in [0.1, 0.15) is 18.9 Å². The van der Waals surface area contributed by atoms with Gasteiger partial charge in [0.25, 0.3) is 0 Å². The van der Waals surface area contributed by atoms with Crippen molar-refractivity contribution >= 4 is 5.69 Å². The molecule has 0 saturated carbocycles. The predicted octanol–water partition coefficient (Wildman–Crippen LogP) is 2.26. The Balaban J connectivity index is 2.87. The zero-order chi connectivity index (χ0) is 10.6. The van der Waals surface area contributed by atoms with Gasteiger partial charge in [0.2, 0.25) is 0 Å². The van der Waals surface area contributed by atoms with Gasteiger partial charge in [0.15, 0.2) is 6.10 Å². The second kappa shape index (κ2) is 4.52. The molecule has 0 aliphatic heterocycles. The van der Waals surface area contributed by atoms with E-state index in [-0.39, 0.29) is 0 Å². The van der Waals surface area contributed by atoms with E-state index in [9.17, 15) is 0 Å². The van der Waals surface area contributed by atoms with Crippen LogP contribution in [-0.2, 0) is 0 Å². The second-order valence-electron chi connectivity index (χ2n) is 3.11. The number of nitrogen functional groups attached to an aromatic ring is 1. The standard InChI is InChI=1S/C11H14N2O/c1-3-9(7-12)14-11-6-4-5-10(13)8(11)2/h4-6,9H,3,13H2,1-2H3. The van der Waals surface area contributed by atoms with Gasteiger partial charge in [0, 0.05) is 11.3 Å². The van der Waals surface area contributed by atoms with Crippen molar-refractivity contribution in [3.05, 3.63) is 23.8 Å². The number of nitrogens with zero attached hydrogens (tertiary/aromatic N) is 1. The van der Waals surface area contributed by atoms with Crippen molar-refractivity contribution in [1.82, 2.24) is 0 Å². The molecule has 0 aliphatic rings. The van der Waals surface area contributed by atoms with Crippen LogP contribution in [-0.4, -0.2) is 6.10 Å². The van der Waals surface area contributed by atoms with E-state index in [1.807, 2.05) is 32.0 Å². The Labute approximate surface area is 84.1 Å². The van der Waals surface area contributed by atoms with Crippen LogP contribution in [0.4, 0.5) is 5.69 Å². The minimum atomic E-state index is -0.393. The number of nitrogens with two attached hydrogens (primary N) is 1. The number of anilines is 1. The van der Waals surface area contributed by atoms with E-state index in [2.05, 4.69) is 6.07 Å². The van der Waals surface area contributed by atoms with Crippen LogP contribution in [0.5, 0.6) is 5.75 Å². The summed E-state index contributed by atoms with van der Waals surface area (Å²) in [6.07, 6.45) is 0.278. The molecule has 1 unspecified atom stereocenters. The Bertz CT molecular complexity index is 355. The van der Waals surface area contributed by atoms with Crippen LogP contribution in [0, 0.1) is 18.3 Å². The van der Waals surface area contributed by atoms with Crippen LogP contribution in [0.25, 0.3) is 0 Å². The molecule has 0 bridgehead atoms. The maximum Gasteiger partial charge on any atom is 0.184 e. The highest BCUT2D eigenvalue weighted by atomic mass is 16.5. The first kappa shape index (κ1) is 10.4. The summed E-state index contributed by atoms with van der Waals surface area (Å²) in [6.45, 7) is 3.80. The van der Waals surface area contributed by atoms with Gasteiger partial charge in [-0.05, 0) is 25.5 Å². The molecule has 14 heavy (non-hydrogen) atoms. The molecule has 0 fully saturated rings. The molecule has 0 radical (unpaired) electrons. The molecule has 74 valence electrons. The summed E-state index contributed by atoms with van der Waals surface area (Å²) in [6, 6.07) is 7.55. The van der Waals surface area contributed by atoms with E-state index in [1.54, 1.807) is 0 Å². The van der Waals surface area contributed by atoms with E-state index in [0.29, 0.717) is 17.9 Å². The largest absolute Gasteiger partial charge is 0.475 e. The molecule has 0 amide bonds. The Hall–Kier alpha value is -1.69. The summed E-state index contributed by atoms with van der Waals surface area (Å²) in [5.74, 6) is 0.693. The monoisotopic (exact) mass is 190 g/mol. The number of hydrogen-bond donors (Lipinski definition) is 1. The molecule has 3 heteroatoms. The third kappa shape index (κ3) is 2.17. The summed E-state index contributed by atoms with van der Waals surface area (Å²) < 4.78 is 5.48. The van der Waals surface area contributed by atoms with Crippen LogP contribution >= 0.6 is 0 Å². The molecule has 0 aliphatic carbocycles. The normalized spacial score (nSPS) is 11.8. The topological polar surface area (TPSA) is 59.0 Å². The quantitative estimate of drug-likeness (QED) is 0.744. The first-order chi connectivity index (χ1) is 6.69. The summed E-state index contributed by atoms with van der Waals surface area (Å²) in [4.78, 5) is 0. The summed E-state index contributed by atoms with van der Waals surface area (Å²) in [5, 5.41) is 8.74. The highest BCUT2D eigenvalue weighted by Gasteiger charge is 2.08. The number of ether oxygens (including phenoxy) is 1. The number of rotatable bonds is 3. The first-order valence-corrected chi connectivity index (χ1v) is 4.60. The molecule has 3 nitrogen and oxygen atoms in total. The van der Waals surface area contributed by atoms with Gasteiger partial charge in [-0.1, -0.05) is 13.0 Å². The fraction of sp³-hybridized carbons (Fsp3) is 0.364. The molecule has 0 aromatic heterocycles. The Morgan fingerprint density at radius 2 is 2.29 bits per heavy atom. The van der Waals surface area contributed by atoms with Gasteiger partial charge in [-0.3, -0.25) is 0 Å². The van der Waals surface area contributed by atoms with E-state index >= 15 is 0 Å². The van der Waals surface area contributed by atoms with Gasteiger partial charge in [-0.25, -0.2) is 0 Å². The van der Waals surface area contributed by atoms with E-state index in [1.165, 1.54) is 0 Å². The number of hydrogen-bond acceptors (Lipinski definition) is 3. The van der Waals surface area contributed by atoms with Crippen LogP contribution in [0.3, 0.4) is 0 Å². The minimum absolute atomic E-state index is 0.393. The molecular weight excluding hydrogens is 176 g/mol. The lowest BCUT2D eigenvalue weighted by Crippen LogP contribution is -2.13. The average molecular weight is 190 g/mol. The molecular formula is C11H14N2O. The second-order valence-corrected chi connectivity index (χ2v) is 3.11.